The summed E-state index contributed by atoms with van der Waals surface area (Å²) >= 11 is 5.94. The van der Waals surface area contributed by atoms with Crippen LogP contribution in [-0.4, -0.2) is 19.9 Å². The fourth-order valence-corrected chi connectivity index (χ4v) is 1.55. The van der Waals surface area contributed by atoms with Gasteiger partial charge in [0.1, 0.15) is 18.2 Å². The summed E-state index contributed by atoms with van der Waals surface area (Å²) in [6.45, 7) is 0.0666. The number of nitrogens with two attached hydrogens (primary N) is 1. The van der Waals surface area contributed by atoms with Crippen molar-refractivity contribution in [3.8, 4) is 17.2 Å². The van der Waals surface area contributed by atoms with Crippen molar-refractivity contribution in [3.05, 3.63) is 29.1 Å². The van der Waals surface area contributed by atoms with Crippen LogP contribution in [0.25, 0.3) is 0 Å². The molecule has 7 heteroatoms. The van der Waals surface area contributed by atoms with Gasteiger partial charge in [0.25, 0.3) is 0 Å². The van der Waals surface area contributed by atoms with E-state index in [1.807, 2.05) is 0 Å². The minimum Gasteiger partial charge on any atom is -0.485 e. The van der Waals surface area contributed by atoms with Crippen LogP contribution in [0.15, 0.2) is 24.0 Å². The molecule has 0 saturated carbocycles. The van der Waals surface area contributed by atoms with E-state index >= 15 is 0 Å². The molecule has 1 aromatic rings. The highest BCUT2D eigenvalue weighted by Crippen LogP contribution is 2.40. The molecule has 0 amide bonds. The second-order valence-corrected chi connectivity index (χ2v) is 3.72. The van der Waals surface area contributed by atoms with E-state index in [2.05, 4.69) is 0 Å². The maximum Gasteiger partial charge on any atom is 0.231 e. The van der Waals surface area contributed by atoms with Crippen LogP contribution in [0.4, 0.5) is 4.39 Å². The summed E-state index contributed by atoms with van der Waals surface area (Å²) in [5, 5.41) is 0.342. The first kappa shape index (κ1) is 14.9. The maximum absolute atomic E-state index is 13.1. The third-order valence-corrected chi connectivity index (χ3v) is 2.43. The van der Waals surface area contributed by atoms with Crippen molar-refractivity contribution in [1.82, 2.24) is 0 Å². The Morgan fingerprint density at radius 2 is 2.11 bits per heavy atom. The SMILES string of the molecule is Cl.NCC=C(F)COc1cc2c(cc1Cl)OCO2. The minimum absolute atomic E-state index is 0. The fourth-order valence-electron chi connectivity index (χ4n) is 1.34. The van der Waals surface area contributed by atoms with Crippen molar-refractivity contribution < 1.29 is 18.6 Å². The molecule has 0 aromatic heterocycles. The van der Waals surface area contributed by atoms with Gasteiger partial charge in [-0.05, 0) is 6.08 Å². The standard InChI is InChI=1S/C11H11ClFNO3.ClH/c12-8-3-10-11(17-6-16-10)4-9(8)15-5-7(13)1-2-14;/h1,3-4H,2,5-6,14H2;1H. The Labute approximate surface area is 115 Å². The number of halogens is 3. The summed E-state index contributed by atoms with van der Waals surface area (Å²) in [4.78, 5) is 0. The molecule has 0 aliphatic carbocycles. The molecule has 0 saturated heterocycles. The first-order valence-electron chi connectivity index (χ1n) is 4.97. The van der Waals surface area contributed by atoms with E-state index in [9.17, 15) is 4.39 Å². The number of fused-ring (bicyclic) bond motifs is 1. The van der Waals surface area contributed by atoms with Crippen molar-refractivity contribution in [2.24, 2.45) is 5.73 Å². The van der Waals surface area contributed by atoms with Crippen molar-refractivity contribution >= 4 is 24.0 Å². The van der Waals surface area contributed by atoms with E-state index < -0.39 is 5.83 Å². The number of rotatable bonds is 4. The van der Waals surface area contributed by atoms with Crippen LogP contribution in [0, 0.1) is 0 Å². The van der Waals surface area contributed by atoms with Crippen molar-refractivity contribution in [3.63, 3.8) is 0 Å². The van der Waals surface area contributed by atoms with Crippen LogP contribution in [0.5, 0.6) is 17.2 Å². The Balaban J connectivity index is 0.00000162. The number of hydrogen-bond donors (Lipinski definition) is 1. The van der Waals surface area contributed by atoms with E-state index in [1.165, 1.54) is 6.08 Å². The lowest BCUT2D eigenvalue weighted by molar-refractivity contribution is 0.173. The van der Waals surface area contributed by atoms with Crippen molar-refractivity contribution in [2.75, 3.05) is 19.9 Å². The van der Waals surface area contributed by atoms with Gasteiger partial charge in [-0.3, -0.25) is 0 Å². The molecular weight excluding hydrogens is 284 g/mol. The van der Waals surface area contributed by atoms with Gasteiger partial charge in [-0.15, -0.1) is 12.4 Å². The van der Waals surface area contributed by atoms with Gasteiger partial charge >= 0.3 is 0 Å². The molecule has 18 heavy (non-hydrogen) atoms. The highest BCUT2D eigenvalue weighted by atomic mass is 35.5. The van der Waals surface area contributed by atoms with Crippen LogP contribution >= 0.6 is 24.0 Å². The van der Waals surface area contributed by atoms with E-state index in [-0.39, 0.29) is 32.4 Å². The van der Waals surface area contributed by atoms with Gasteiger partial charge in [0.05, 0.1) is 5.02 Å². The summed E-state index contributed by atoms with van der Waals surface area (Å²) in [6, 6.07) is 3.14. The highest BCUT2D eigenvalue weighted by Gasteiger charge is 2.17. The lowest BCUT2D eigenvalue weighted by Gasteiger charge is -2.07. The Hall–Kier alpha value is -1.17. The molecule has 0 bridgehead atoms. The van der Waals surface area contributed by atoms with E-state index in [0.29, 0.717) is 22.3 Å². The van der Waals surface area contributed by atoms with Gasteiger partial charge in [-0.25, -0.2) is 4.39 Å². The molecule has 0 unspecified atom stereocenters. The average Bonchev–Trinajstić information content (AvgIpc) is 2.73. The number of hydrogen-bond acceptors (Lipinski definition) is 4. The normalized spacial score (nSPS) is 13.2. The van der Waals surface area contributed by atoms with Gasteiger partial charge in [-0.2, -0.15) is 0 Å². The largest absolute Gasteiger partial charge is 0.485 e. The minimum atomic E-state index is -0.443. The summed E-state index contributed by atoms with van der Waals surface area (Å²) in [7, 11) is 0. The maximum atomic E-state index is 13.1. The molecule has 2 N–H and O–H groups in total. The van der Waals surface area contributed by atoms with Gasteiger partial charge in [0.15, 0.2) is 11.5 Å². The molecule has 0 atom stereocenters. The average molecular weight is 296 g/mol. The zero-order chi connectivity index (χ0) is 12.3. The van der Waals surface area contributed by atoms with Gasteiger partial charge in [-0.1, -0.05) is 11.6 Å². The van der Waals surface area contributed by atoms with Gasteiger partial charge in [0.2, 0.25) is 6.79 Å². The highest BCUT2D eigenvalue weighted by molar-refractivity contribution is 6.32. The predicted molar refractivity (Wildman–Crippen MR) is 68.6 cm³/mol. The molecule has 100 valence electrons. The molecule has 4 nitrogen and oxygen atoms in total. The number of ether oxygens (including phenoxy) is 3. The predicted octanol–water partition coefficient (Wildman–Crippen LogP) is 2.68. The first-order chi connectivity index (χ1) is 8.20. The smallest absolute Gasteiger partial charge is 0.231 e. The molecule has 0 radical (unpaired) electrons. The Bertz CT molecular complexity index is 454. The molecule has 1 aromatic carbocycles. The third-order valence-electron chi connectivity index (χ3n) is 2.13. The Kier molecular flexibility index (Phi) is 5.53. The summed E-state index contributed by atoms with van der Waals surface area (Å²) in [6.07, 6.45) is 1.24. The molecule has 2 rings (SSSR count). The van der Waals surface area contributed by atoms with Gasteiger partial charge < -0.3 is 19.9 Å². The van der Waals surface area contributed by atoms with Crippen LogP contribution in [0.2, 0.25) is 5.02 Å². The van der Waals surface area contributed by atoms with Crippen LogP contribution in [0.3, 0.4) is 0 Å². The second-order valence-electron chi connectivity index (χ2n) is 3.31. The molecule has 0 spiro atoms. The van der Waals surface area contributed by atoms with E-state index in [4.69, 9.17) is 31.5 Å². The molecule has 1 aliphatic rings. The fraction of sp³-hybridized carbons (Fsp3) is 0.273. The zero-order valence-electron chi connectivity index (χ0n) is 9.32. The van der Waals surface area contributed by atoms with Crippen LogP contribution in [-0.2, 0) is 0 Å². The molecule has 0 fully saturated rings. The summed E-state index contributed by atoms with van der Waals surface area (Å²) in [5.41, 5.74) is 5.17. The summed E-state index contributed by atoms with van der Waals surface area (Å²) in [5.74, 6) is 0.991. The number of benzene rings is 1. The van der Waals surface area contributed by atoms with Gasteiger partial charge in [0, 0.05) is 18.7 Å². The Morgan fingerprint density at radius 3 is 2.78 bits per heavy atom. The molecular formula is C11H12Cl2FNO3. The molecule has 1 aliphatic heterocycles. The monoisotopic (exact) mass is 295 g/mol. The third kappa shape index (κ3) is 3.41. The van der Waals surface area contributed by atoms with E-state index in [0.717, 1.165) is 0 Å². The van der Waals surface area contributed by atoms with Crippen molar-refractivity contribution in [1.29, 1.82) is 0 Å². The topological polar surface area (TPSA) is 53.7 Å². The molecule has 1 heterocycles. The Morgan fingerprint density at radius 1 is 1.44 bits per heavy atom. The van der Waals surface area contributed by atoms with E-state index in [1.54, 1.807) is 12.1 Å². The zero-order valence-corrected chi connectivity index (χ0v) is 10.9. The summed E-state index contributed by atoms with van der Waals surface area (Å²) < 4.78 is 28.6. The first-order valence-corrected chi connectivity index (χ1v) is 5.35. The lowest BCUT2D eigenvalue weighted by Crippen LogP contribution is -2.01. The van der Waals surface area contributed by atoms with Crippen LogP contribution in [0.1, 0.15) is 0 Å². The lowest BCUT2D eigenvalue weighted by atomic mass is 10.3. The quantitative estimate of drug-likeness (QED) is 0.928. The second kappa shape index (κ2) is 6.68. The van der Waals surface area contributed by atoms with Crippen molar-refractivity contribution in [2.45, 2.75) is 0 Å². The van der Waals surface area contributed by atoms with Crippen LogP contribution < -0.4 is 19.9 Å².